The van der Waals surface area contributed by atoms with Crippen molar-refractivity contribution in [3.8, 4) is 0 Å². The van der Waals surface area contributed by atoms with Gasteiger partial charge in [0.25, 0.3) is 11.8 Å². The highest BCUT2D eigenvalue weighted by Gasteiger charge is 2.18. The average Bonchev–Trinajstić information content (AvgIpc) is 2.46. The third-order valence-corrected chi connectivity index (χ3v) is 3.20. The highest BCUT2D eigenvalue weighted by atomic mass is 79.9. The fourth-order valence-corrected chi connectivity index (χ4v) is 2.15. The first-order valence-corrected chi connectivity index (χ1v) is 6.90. The van der Waals surface area contributed by atoms with E-state index in [2.05, 4.69) is 26.2 Å². The number of aromatic nitrogens is 1. The molecule has 0 aliphatic heterocycles. The number of imide groups is 1. The number of nitrogens with zero attached hydrogens (tertiary/aromatic N) is 2. The first kappa shape index (κ1) is 15.8. The summed E-state index contributed by atoms with van der Waals surface area (Å²) in [6.45, 7) is 1.53. The number of benzene rings is 1. The van der Waals surface area contributed by atoms with Crippen molar-refractivity contribution in [1.29, 1.82) is 0 Å². The van der Waals surface area contributed by atoms with Crippen LogP contribution in [-0.2, 0) is 0 Å². The Morgan fingerprint density at radius 2 is 1.86 bits per heavy atom. The number of pyridine rings is 1. The fourth-order valence-electron chi connectivity index (χ4n) is 1.75. The van der Waals surface area contributed by atoms with Crippen LogP contribution in [0, 0.1) is 17.0 Å². The molecule has 0 fully saturated rings. The predicted octanol–water partition coefficient (Wildman–Crippen LogP) is 2.63. The first-order chi connectivity index (χ1) is 10.4. The van der Waals surface area contributed by atoms with E-state index in [0.29, 0.717) is 15.7 Å². The summed E-state index contributed by atoms with van der Waals surface area (Å²) < 4.78 is 0.697. The zero-order valence-corrected chi connectivity index (χ0v) is 13.0. The summed E-state index contributed by atoms with van der Waals surface area (Å²) in [4.78, 5) is 37.8. The lowest BCUT2D eigenvalue weighted by atomic mass is 10.2. The lowest BCUT2D eigenvalue weighted by Gasteiger charge is -2.05. The molecule has 1 heterocycles. The minimum Gasteiger partial charge on any atom is -0.358 e. The van der Waals surface area contributed by atoms with Gasteiger partial charge < -0.3 is 10.1 Å². The lowest BCUT2D eigenvalue weighted by molar-refractivity contribution is -0.389. The molecule has 8 heteroatoms. The molecule has 0 saturated carbocycles. The maximum absolute atomic E-state index is 12.0. The van der Waals surface area contributed by atoms with Gasteiger partial charge in [-0.25, -0.2) is 0 Å². The number of carbonyl (C=O) groups is 2. The second kappa shape index (κ2) is 6.44. The van der Waals surface area contributed by atoms with E-state index in [0.717, 1.165) is 6.07 Å². The van der Waals surface area contributed by atoms with E-state index in [1.54, 1.807) is 24.3 Å². The third kappa shape index (κ3) is 3.73. The summed E-state index contributed by atoms with van der Waals surface area (Å²) in [6.07, 6.45) is 0. The molecular formula is C14H10BrN3O4. The van der Waals surface area contributed by atoms with Gasteiger partial charge in [-0.05, 0) is 34.2 Å². The van der Waals surface area contributed by atoms with Crippen molar-refractivity contribution in [2.24, 2.45) is 0 Å². The summed E-state index contributed by atoms with van der Waals surface area (Å²) in [7, 11) is 0. The van der Waals surface area contributed by atoms with Crippen LogP contribution in [-0.4, -0.2) is 21.7 Å². The summed E-state index contributed by atoms with van der Waals surface area (Å²) in [5, 5.41) is 12.9. The van der Waals surface area contributed by atoms with Crippen LogP contribution in [0.1, 0.15) is 26.4 Å². The Hall–Kier alpha value is -2.61. The molecule has 1 aromatic heterocycles. The molecule has 0 atom stereocenters. The smallest absolute Gasteiger partial charge is 0.358 e. The van der Waals surface area contributed by atoms with Crippen LogP contribution in [0.3, 0.4) is 0 Å². The average molecular weight is 364 g/mol. The van der Waals surface area contributed by atoms with Gasteiger partial charge in [0.05, 0.1) is 5.56 Å². The van der Waals surface area contributed by atoms with Gasteiger partial charge in [-0.3, -0.25) is 14.9 Å². The molecule has 0 aliphatic rings. The van der Waals surface area contributed by atoms with E-state index in [9.17, 15) is 19.7 Å². The molecular weight excluding hydrogens is 354 g/mol. The van der Waals surface area contributed by atoms with E-state index in [1.165, 1.54) is 13.0 Å². The predicted molar refractivity (Wildman–Crippen MR) is 81.6 cm³/mol. The first-order valence-electron chi connectivity index (χ1n) is 6.11. The Kier molecular flexibility index (Phi) is 4.62. The van der Waals surface area contributed by atoms with Crippen molar-refractivity contribution in [3.05, 3.63) is 67.8 Å². The van der Waals surface area contributed by atoms with Gasteiger partial charge >= 0.3 is 5.82 Å². The Balaban J connectivity index is 2.22. The highest BCUT2D eigenvalue weighted by Crippen LogP contribution is 2.14. The summed E-state index contributed by atoms with van der Waals surface area (Å²) in [5.74, 6) is -1.76. The van der Waals surface area contributed by atoms with E-state index in [-0.39, 0.29) is 5.56 Å². The SMILES string of the molecule is Cc1cc(C(=O)NC(=O)c2cccc(Br)c2)cc([N+](=O)[O-])n1. The van der Waals surface area contributed by atoms with Crippen LogP contribution >= 0.6 is 15.9 Å². The van der Waals surface area contributed by atoms with Crippen molar-refractivity contribution < 1.29 is 14.5 Å². The van der Waals surface area contributed by atoms with Gasteiger partial charge in [-0.1, -0.05) is 22.0 Å². The molecule has 2 rings (SSSR count). The van der Waals surface area contributed by atoms with Crippen LogP contribution in [0.4, 0.5) is 5.82 Å². The molecule has 0 bridgehead atoms. The zero-order chi connectivity index (χ0) is 16.3. The van der Waals surface area contributed by atoms with Crippen molar-refractivity contribution in [2.45, 2.75) is 6.92 Å². The second-order valence-electron chi connectivity index (χ2n) is 4.41. The van der Waals surface area contributed by atoms with Crippen molar-refractivity contribution >= 4 is 33.6 Å². The largest absolute Gasteiger partial charge is 0.364 e. The number of rotatable bonds is 3. The molecule has 0 unspecified atom stereocenters. The van der Waals surface area contributed by atoms with E-state index in [1.807, 2.05) is 0 Å². The summed E-state index contributed by atoms with van der Waals surface area (Å²) >= 11 is 3.23. The van der Waals surface area contributed by atoms with Crippen LogP contribution < -0.4 is 5.32 Å². The molecule has 112 valence electrons. The number of nitro groups is 1. The quantitative estimate of drug-likeness (QED) is 0.512. The van der Waals surface area contributed by atoms with E-state index in [4.69, 9.17) is 0 Å². The van der Waals surface area contributed by atoms with Gasteiger partial charge in [0.15, 0.2) is 5.69 Å². The number of hydrogen-bond donors (Lipinski definition) is 1. The normalized spacial score (nSPS) is 10.1. The number of halogens is 1. The molecule has 0 aliphatic carbocycles. The third-order valence-electron chi connectivity index (χ3n) is 2.70. The van der Waals surface area contributed by atoms with Gasteiger partial charge in [-0.2, -0.15) is 0 Å². The molecule has 2 aromatic rings. The number of amides is 2. The summed E-state index contributed by atoms with van der Waals surface area (Å²) in [6, 6.07) is 8.91. The van der Waals surface area contributed by atoms with Gasteiger partial charge in [0.2, 0.25) is 0 Å². The maximum Gasteiger partial charge on any atom is 0.364 e. The fraction of sp³-hybridized carbons (Fsp3) is 0.0714. The highest BCUT2D eigenvalue weighted by molar-refractivity contribution is 9.10. The maximum atomic E-state index is 12.0. The van der Waals surface area contributed by atoms with E-state index < -0.39 is 22.6 Å². The minimum absolute atomic E-state index is 0.00236. The molecule has 22 heavy (non-hydrogen) atoms. The van der Waals surface area contributed by atoms with Crippen LogP contribution in [0.5, 0.6) is 0 Å². The van der Waals surface area contributed by atoms with Crippen molar-refractivity contribution in [2.75, 3.05) is 0 Å². The van der Waals surface area contributed by atoms with E-state index >= 15 is 0 Å². The minimum atomic E-state index is -0.724. The molecule has 2 amide bonds. The van der Waals surface area contributed by atoms with Crippen molar-refractivity contribution in [1.82, 2.24) is 10.3 Å². The van der Waals surface area contributed by atoms with Crippen LogP contribution in [0.15, 0.2) is 40.9 Å². The number of nitrogens with one attached hydrogen (secondary N) is 1. The van der Waals surface area contributed by atoms with Crippen molar-refractivity contribution in [3.63, 3.8) is 0 Å². The number of hydrogen-bond acceptors (Lipinski definition) is 5. The lowest BCUT2D eigenvalue weighted by Crippen LogP contribution is -2.30. The molecule has 0 radical (unpaired) electrons. The van der Waals surface area contributed by atoms with Gasteiger partial charge in [0.1, 0.15) is 0 Å². The second-order valence-corrected chi connectivity index (χ2v) is 5.32. The molecule has 1 aromatic carbocycles. The van der Waals surface area contributed by atoms with Gasteiger partial charge in [0, 0.05) is 23.0 Å². The monoisotopic (exact) mass is 363 g/mol. The molecule has 7 nitrogen and oxygen atoms in total. The molecule has 0 spiro atoms. The molecule has 0 saturated heterocycles. The Morgan fingerprint density at radius 3 is 2.50 bits per heavy atom. The number of aryl methyl sites for hydroxylation is 1. The number of carbonyl (C=O) groups excluding carboxylic acids is 2. The zero-order valence-electron chi connectivity index (χ0n) is 11.4. The Labute approximate surface area is 133 Å². The summed E-state index contributed by atoms with van der Waals surface area (Å²) in [5.41, 5.74) is 0.611. The van der Waals surface area contributed by atoms with Crippen LogP contribution in [0.2, 0.25) is 0 Å². The molecule has 1 N–H and O–H groups in total. The Bertz CT molecular complexity index is 776. The van der Waals surface area contributed by atoms with Gasteiger partial charge in [-0.15, -0.1) is 0 Å². The van der Waals surface area contributed by atoms with Crippen LogP contribution in [0.25, 0.3) is 0 Å². The Morgan fingerprint density at radius 1 is 1.18 bits per heavy atom. The topological polar surface area (TPSA) is 102 Å². The standard InChI is InChI=1S/C14H10BrN3O4/c1-8-5-10(7-12(16-8)18(21)22)14(20)17-13(19)9-3-2-4-11(15)6-9/h2-7H,1H3,(H,17,19,20).